The highest BCUT2D eigenvalue weighted by Gasteiger charge is 2.37. The maximum atomic E-state index is 12.9. The average molecular weight is 384 g/mol. The molecule has 0 saturated heterocycles. The van der Waals surface area contributed by atoms with Gasteiger partial charge in [-0.15, -0.1) is 0 Å². The molecule has 0 aromatic rings. The molecule has 5 atom stereocenters. The first kappa shape index (κ1) is 21.2. The van der Waals surface area contributed by atoms with E-state index < -0.39 is 13.1 Å². The van der Waals surface area contributed by atoms with E-state index in [0.717, 1.165) is 30.6 Å². The van der Waals surface area contributed by atoms with E-state index in [0.29, 0.717) is 29.9 Å². The van der Waals surface area contributed by atoms with Crippen LogP contribution >= 0.6 is 35.9 Å². The van der Waals surface area contributed by atoms with Crippen molar-refractivity contribution in [3.63, 3.8) is 0 Å². The summed E-state index contributed by atoms with van der Waals surface area (Å²) in [6.07, 6.45) is 2.91. The molecule has 1 fully saturated rings. The molecule has 2 unspecified atom stereocenters. The van der Waals surface area contributed by atoms with Crippen LogP contribution in [0.2, 0.25) is 5.82 Å². The Labute approximate surface area is 144 Å². The van der Waals surface area contributed by atoms with Crippen LogP contribution in [0.25, 0.3) is 0 Å². The van der Waals surface area contributed by atoms with Gasteiger partial charge in [0, 0.05) is 0 Å². The minimum atomic E-state index is -3.46. The van der Waals surface area contributed by atoms with E-state index >= 15 is 0 Å². The molecule has 1 aliphatic carbocycles. The average Bonchev–Trinajstić information content (AvgIpc) is 2.76. The van der Waals surface area contributed by atoms with Crippen LogP contribution in [0.15, 0.2) is 0 Å². The molecule has 0 bridgehead atoms. The molecule has 1 saturated carbocycles. The second-order valence-corrected chi connectivity index (χ2v) is 16.2. The van der Waals surface area contributed by atoms with Gasteiger partial charge in [0.05, 0.1) is 14.5 Å². The van der Waals surface area contributed by atoms with Crippen molar-refractivity contribution in [1.82, 2.24) is 0 Å². The highest BCUT2D eigenvalue weighted by molar-refractivity contribution is 8.63. The zero-order valence-corrected chi connectivity index (χ0v) is 17.1. The lowest BCUT2D eigenvalue weighted by Crippen LogP contribution is -2.13. The second kappa shape index (κ2) is 9.58. The van der Waals surface area contributed by atoms with E-state index in [1.165, 1.54) is 11.4 Å². The lowest BCUT2D eigenvalue weighted by molar-refractivity contribution is 0.219. The first-order valence-electron chi connectivity index (χ1n) is 7.85. The number of hydrogen-bond acceptors (Lipinski definition) is 5. The Morgan fingerprint density at radius 3 is 2.27 bits per heavy atom. The van der Waals surface area contributed by atoms with Crippen LogP contribution in [0.3, 0.4) is 0 Å². The second-order valence-electron chi connectivity index (χ2n) is 5.68. The van der Waals surface area contributed by atoms with Gasteiger partial charge in [-0.2, -0.15) is 0 Å². The quantitative estimate of drug-likeness (QED) is 0.411. The van der Waals surface area contributed by atoms with Crippen molar-refractivity contribution in [3.8, 4) is 0 Å². The summed E-state index contributed by atoms with van der Waals surface area (Å²) in [5.41, 5.74) is 0. The van der Waals surface area contributed by atoms with Gasteiger partial charge in [-0.25, -0.2) is 0 Å². The van der Waals surface area contributed by atoms with Crippen LogP contribution in [0.1, 0.15) is 40.0 Å². The fourth-order valence-corrected chi connectivity index (χ4v) is 14.7. The molecular weight excluding hydrogens is 357 g/mol. The predicted molar refractivity (Wildman–Crippen MR) is 101 cm³/mol. The van der Waals surface area contributed by atoms with E-state index in [2.05, 4.69) is 6.92 Å². The molecule has 1 rings (SSSR count). The van der Waals surface area contributed by atoms with Gasteiger partial charge in [0.25, 0.3) is 13.1 Å². The summed E-state index contributed by atoms with van der Waals surface area (Å²) in [5, 5.41) is 0. The number of hydrogen-bond donors (Lipinski definition) is 1. The van der Waals surface area contributed by atoms with Crippen molar-refractivity contribution in [1.29, 1.82) is 0 Å². The maximum absolute atomic E-state index is 12.9. The van der Waals surface area contributed by atoms with E-state index in [1.54, 1.807) is 0 Å². The SMILES string of the molecule is [B][C@@H]1C[C@@H](CC)[C@@H](COP(=O)(CP(=O)(O)SCC)SCC)C1. The molecule has 0 heterocycles. The molecule has 128 valence electrons. The first-order valence-corrected chi connectivity index (χ1v) is 14.7. The first-order chi connectivity index (χ1) is 10.2. The van der Waals surface area contributed by atoms with Crippen LogP contribution < -0.4 is 0 Å². The standard InChI is InChI=1S/C13H27BO4P2S2/c1-4-11-7-13(14)8-12(11)9-18-20(17,22-6-3)10-19(15,16)21-5-2/h11-13H,4-10H2,1-3H3,(H,15,16)/t11-,12-,13-,20?/m1/s1. The van der Waals surface area contributed by atoms with Gasteiger partial charge >= 0.3 is 0 Å². The van der Waals surface area contributed by atoms with Gasteiger partial charge in [-0.1, -0.05) is 68.6 Å². The van der Waals surface area contributed by atoms with Crippen molar-refractivity contribution in [3.05, 3.63) is 0 Å². The van der Waals surface area contributed by atoms with Gasteiger partial charge in [-0.05, 0) is 23.3 Å². The monoisotopic (exact) mass is 384 g/mol. The molecule has 0 aromatic heterocycles. The third-order valence-electron chi connectivity index (χ3n) is 3.90. The molecule has 0 amide bonds. The van der Waals surface area contributed by atoms with Crippen molar-refractivity contribution in [2.45, 2.75) is 45.9 Å². The Morgan fingerprint density at radius 1 is 1.14 bits per heavy atom. The zero-order chi connectivity index (χ0) is 16.8. The van der Waals surface area contributed by atoms with Crippen LogP contribution in [-0.2, 0) is 13.7 Å². The third-order valence-corrected chi connectivity index (χ3v) is 14.9. The van der Waals surface area contributed by atoms with Gasteiger partial charge < -0.3 is 9.42 Å². The molecule has 0 spiro atoms. The minimum Gasteiger partial charge on any atom is -0.336 e. The number of rotatable bonds is 10. The summed E-state index contributed by atoms with van der Waals surface area (Å²) in [5.74, 6) is 1.89. The van der Waals surface area contributed by atoms with Gasteiger partial charge in [-0.3, -0.25) is 9.13 Å². The van der Waals surface area contributed by atoms with Gasteiger partial charge in [0.2, 0.25) is 0 Å². The van der Waals surface area contributed by atoms with E-state index in [1.807, 2.05) is 13.8 Å². The van der Waals surface area contributed by atoms with Crippen LogP contribution in [0.5, 0.6) is 0 Å². The summed E-state index contributed by atoms with van der Waals surface area (Å²) < 4.78 is 30.7. The lowest BCUT2D eigenvalue weighted by Gasteiger charge is -2.24. The normalized spacial score (nSPS) is 30.8. The third kappa shape index (κ3) is 6.95. The van der Waals surface area contributed by atoms with Crippen molar-refractivity contribution < 1.29 is 18.5 Å². The van der Waals surface area contributed by atoms with Crippen LogP contribution in [0, 0.1) is 11.8 Å². The summed E-state index contributed by atoms with van der Waals surface area (Å²) in [6, 6.07) is 0. The van der Waals surface area contributed by atoms with Crippen LogP contribution in [-0.4, -0.2) is 36.8 Å². The Balaban J connectivity index is 2.67. The molecule has 9 heteroatoms. The fraction of sp³-hybridized carbons (Fsp3) is 1.00. The lowest BCUT2D eigenvalue weighted by atomic mass is 9.85. The minimum absolute atomic E-state index is 0.191. The molecule has 4 nitrogen and oxygen atoms in total. The Bertz CT molecular complexity index is 438. The van der Waals surface area contributed by atoms with E-state index in [-0.39, 0.29) is 11.7 Å². The molecule has 2 radical (unpaired) electrons. The Morgan fingerprint density at radius 2 is 1.73 bits per heavy atom. The summed E-state index contributed by atoms with van der Waals surface area (Å²) in [6.45, 7) is -0.374. The van der Waals surface area contributed by atoms with Crippen molar-refractivity contribution in [2.75, 3.05) is 24.0 Å². The molecule has 22 heavy (non-hydrogen) atoms. The molecular formula is C13H27BO4P2S2. The Hall–Kier alpha value is 1.14. The van der Waals surface area contributed by atoms with Crippen molar-refractivity contribution >= 4 is 43.8 Å². The zero-order valence-electron chi connectivity index (χ0n) is 13.6. The van der Waals surface area contributed by atoms with Gasteiger partial charge in [0.15, 0.2) is 0 Å². The summed E-state index contributed by atoms with van der Waals surface area (Å²) in [7, 11) is 6.01. The largest absolute Gasteiger partial charge is 0.336 e. The smallest absolute Gasteiger partial charge is 0.268 e. The van der Waals surface area contributed by atoms with Gasteiger partial charge in [0.1, 0.15) is 5.90 Å². The van der Waals surface area contributed by atoms with Crippen LogP contribution in [0.4, 0.5) is 0 Å². The topological polar surface area (TPSA) is 63.6 Å². The highest BCUT2D eigenvalue weighted by Crippen LogP contribution is 2.72. The van der Waals surface area contributed by atoms with E-state index in [4.69, 9.17) is 12.4 Å². The molecule has 1 N–H and O–H groups in total. The predicted octanol–water partition coefficient (Wildman–Crippen LogP) is 5.24. The Kier molecular flexibility index (Phi) is 9.23. The molecule has 1 aliphatic rings. The molecule has 0 aliphatic heterocycles. The summed E-state index contributed by atoms with van der Waals surface area (Å²) in [4.78, 5) is 9.94. The molecule has 0 aromatic carbocycles. The van der Waals surface area contributed by atoms with E-state index in [9.17, 15) is 14.0 Å². The maximum Gasteiger partial charge on any atom is 0.268 e. The fourth-order valence-electron chi connectivity index (χ4n) is 2.95. The summed E-state index contributed by atoms with van der Waals surface area (Å²) >= 11 is 2.16. The highest BCUT2D eigenvalue weighted by atomic mass is 32.7. The van der Waals surface area contributed by atoms with Crippen molar-refractivity contribution in [2.24, 2.45) is 11.8 Å².